The summed E-state index contributed by atoms with van der Waals surface area (Å²) in [5.74, 6) is 1.59. The van der Waals surface area contributed by atoms with Gasteiger partial charge in [0.05, 0.1) is 12.8 Å². The van der Waals surface area contributed by atoms with E-state index in [-0.39, 0.29) is 12.1 Å². The van der Waals surface area contributed by atoms with Crippen LogP contribution in [0.2, 0.25) is 0 Å². The largest absolute Gasteiger partial charge is 0.495 e. The van der Waals surface area contributed by atoms with Crippen molar-refractivity contribution in [2.45, 2.75) is 12.5 Å². The topological polar surface area (TPSA) is 66.5 Å². The average molecular weight is 312 g/mol. The molecule has 1 aromatic heterocycles. The van der Waals surface area contributed by atoms with Crippen molar-refractivity contribution in [3.63, 3.8) is 0 Å². The minimum atomic E-state index is -0.220. The standard InChI is InChI=1S/C17H20N4O2/c1-23-15-7-3-2-6-14(15)20-17(22)19-13-9-11-21(12-13)16-8-4-5-10-18-16/h2-8,10,13H,9,11-12H2,1H3,(H2,19,20,22). The van der Waals surface area contributed by atoms with Gasteiger partial charge in [-0.2, -0.15) is 0 Å². The number of rotatable bonds is 4. The van der Waals surface area contributed by atoms with Crippen LogP contribution >= 0.6 is 0 Å². The van der Waals surface area contributed by atoms with Crippen LogP contribution in [0.15, 0.2) is 48.7 Å². The van der Waals surface area contributed by atoms with E-state index in [1.165, 1.54) is 0 Å². The lowest BCUT2D eigenvalue weighted by atomic mass is 10.2. The predicted molar refractivity (Wildman–Crippen MR) is 90.0 cm³/mol. The molecule has 6 nitrogen and oxygen atoms in total. The maximum Gasteiger partial charge on any atom is 0.319 e. The number of anilines is 2. The van der Waals surface area contributed by atoms with Gasteiger partial charge in [0, 0.05) is 25.3 Å². The van der Waals surface area contributed by atoms with Crippen LogP contribution < -0.4 is 20.3 Å². The lowest BCUT2D eigenvalue weighted by Gasteiger charge is -2.18. The van der Waals surface area contributed by atoms with E-state index in [4.69, 9.17) is 4.74 Å². The van der Waals surface area contributed by atoms with Gasteiger partial charge >= 0.3 is 6.03 Å². The van der Waals surface area contributed by atoms with E-state index in [1.54, 1.807) is 13.3 Å². The SMILES string of the molecule is COc1ccccc1NC(=O)NC1CCN(c2ccccn2)C1. The Kier molecular flexibility index (Phi) is 4.61. The second-order valence-corrected chi connectivity index (χ2v) is 5.42. The van der Waals surface area contributed by atoms with Gasteiger partial charge in [0.15, 0.2) is 0 Å². The van der Waals surface area contributed by atoms with Gasteiger partial charge in [0.1, 0.15) is 11.6 Å². The summed E-state index contributed by atoms with van der Waals surface area (Å²) in [6.07, 6.45) is 2.68. The molecule has 1 unspecified atom stereocenters. The summed E-state index contributed by atoms with van der Waals surface area (Å²) < 4.78 is 5.23. The van der Waals surface area contributed by atoms with Gasteiger partial charge in [-0.3, -0.25) is 0 Å². The molecule has 2 N–H and O–H groups in total. The summed E-state index contributed by atoms with van der Waals surface area (Å²) >= 11 is 0. The number of carbonyl (C=O) groups excluding carboxylic acids is 1. The molecule has 3 rings (SSSR count). The third kappa shape index (κ3) is 3.71. The van der Waals surface area contributed by atoms with Gasteiger partial charge in [0.25, 0.3) is 0 Å². The number of methoxy groups -OCH3 is 1. The minimum Gasteiger partial charge on any atom is -0.495 e. The van der Waals surface area contributed by atoms with E-state index < -0.39 is 0 Å². The Morgan fingerprint density at radius 3 is 2.87 bits per heavy atom. The number of hydrogen-bond acceptors (Lipinski definition) is 4. The first kappa shape index (κ1) is 15.1. The molecule has 0 spiro atoms. The van der Waals surface area contributed by atoms with Crippen LogP contribution in [0, 0.1) is 0 Å². The van der Waals surface area contributed by atoms with Gasteiger partial charge in [-0.15, -0.1) is 0 Å². The maximum absolute atomic E-state index is 12.2. The number of carbonyl (C=O) groups is 1. The number of aromatic nitrogens is 1. The highest BCUT2D eigenvalue weighted by Gasteiger charge is 2.24. The monoisotopic (exact) mass is 312 g/mol. The molecule has 1 fully saturated rings. The molecule has 120 valence electrons. The second-order valence-electron chi connectivity index (χ2n) is 5.42. The average Bonchev–Trinajstić information content (AvgIpc) is 3.04. The van der Waals surface area contributed by atoms with Gasteiger partial charge in [-0.1, -0.05) is 18.2 Å². The van der Waals surface area contributed by atoms with E-state index in [0.29, 0.717) is 11.4 Å². The van der Waals surface area contributed by atoms with Gasteiger partial charge in [0.2, 0.25) is 0 Å². The predicted octanol–water partition coefficient (Wildman–Crippen LogP) is 2.49. The fourth-order valence-electron chi connectivity index (χ4n) is 2.72. The highest BCUT2D eigenvalue weighted by Crippen LogP contribution is 2.23. The molecule has 0 saturated carbocycles. The molecular formula is C17H20N4O2. The van der Waals surface area contributed by atoms with Crippen LogP contribution in [-0.4, -0.2) is 37.3 Å². The Labute approximate surface area is 135 Å². The molecule has 0 radical (unpaired) electrons. The smallest absolute Gasteiger partial charge is 0.319 e. The fraction of sp³-hybridized carbons (Fsp3) is 0.294. The Balaban J connectivity index is 1.55. The summed E-state index contributed by atoms with van der Waals surface area (Å²) in [4.78, 5) is 18.7. The number of para-hydroxylation sites is 2. The van der Waals surface area contributed by atoms with Gasteiger partial charge in [-0.05, 0) is 30.7 Å². The van der Waals surface area contributed by atoms with Crippen LogP contribution in [0.4, 0.5) is 16.3 Å². The maximum atomic E-state index is 12.2. The molecule has 2 heterocycles. The zero-order valence-corrected chi connectivity index (χ0v) is 13.0. The zero-order chi connectivity index (χ0) is 16.1. The van der Waals surface area contributed by atoms with Crippen molar-refractivity contribution >= 4 is 17.5 Å². The van der Waals surface area contributed by atoms with E-state index in [9.17, 15) is 4.79 Å². The Morgan fingerprint density at radius 2 is 2.09 bits per heavy atom. The third-order valence-corrected chi connectivity index (χ3v) is 3.85. The molecule has 2 aromatic rings. The molecule has 1 aliphatic heterocycles. The van der Waals surface area contributed by atoms with Crippen molar-refractivity contribution in [1.29, 1.82) is 0 Å². The van der Waals surface area contributed by atoms with Crippen molar-refractivity contribution in [1.82, 2.24) is 10.3 Å². The third-order valence-electron chi connectivity index (χ3n) is 3.85. The Bertz CT molecular complexity index is 663. The minimum absolute atomic E-state index is 0.103. The van der Waals surface area contributed by atoms with E-state index >= 15 is 0 Å². The second kappa shape index (κ2) is 7.00. The number of nitrogens with one attached hydrogen (secondary N) is 2. The normalized spacial score (nSPS) is 16.9. The summed E-state index contributed by atoms with van der Waals surface area (Å²) in [6.45, 7) is 1.65. The number of hydrogen-bond donors (Lipinski definition) is 2. The molecule has 1 saturated heterocycles. The van der Waals surface area contributed by atoms with Crippen molar-refractivity contribution in [2.75, 3.05) is 30.4 Å². The lowest BCUT2D eigenvalue weighted by molar-refractivity contribution is 0.249. The summed E-state index contributed by atoms with van der Waals surface area (Å²) in [7, 11) is 1.58. The quantitative estimate of drug-likeness (QED) is 0.910. The summed E-state index contributed by atoms with van der Waals surface area (Å²) in [5.41, 5.74) is 0.659. The summed E-state index contributed by atoms with van der Waals surface area (Å²) in [6, 6.07) is 13.1. The number of urea groups is 1. The first-order valence-electron chi connectivity index (χ1n) is 7.63. The molecule has 0 bridgehead atoms. The van der Waals surface area contributed by atoms with Crippen LogP contribution in [0.25, 0.3) is 0 Å². The molecule has 23 heavy (non-hydrogen) atoms. The molecule has 1 atom stereocenters. The number of amides is 2. The van der Waals surface area contributed by atoms with Crippen molar-refractivity contribution in [3.05, 3.63) is 48.7 Å². The van der Waals surface area contributed by atoms with Crippen molar-refractivity contribution in [3.8, 4) is 5.75 Å². The van der Waals surface area contributed by atoms with Crippen LogP contribution in [0.3, 0.4) is 0 Å². The number of benzene rings is 1. The highest BCUT2D eigenvalue weighted by molar-refractivity contribution is 5.91. The molecule has 1 aliphatic rings. The first-order valence-corrected chi connectivity index (χ1v) is 7.63. The highest BCUT2D eigenvalue weighted by atomic mass is 16.5. The zero-order valence-electron chi connectivity index (χ0n) is 13.0. The molecule has 2 amide bonds. The number of ether oxygens (including phenoxy) is 1. The lowest BCUT2D eigenvalue weighted by Crippen LogP contribution is -2.39. The van der Waals surface area contributed by atoms with Gasteiger partial charge < -0.3 is 20.3 Å². The first-order chi connectivity index (χ1) is 11.3. The molecular weight excluding hydrogens is 292 g/mol. The van der Waals surface area contributed by atoms with Crippen molar-refractivity contribution in [2.24, 2.45) is 0 Å². The Hall–Kier alpha value is -2.76. The number of pyridine rings is 1. The van der Waals surface area contributed by atoms with Crippen LogP contribution in [0.1, 0.15) is 6.42 Å². The van der Waals surface area contributed by atoms with Crippen LogP contribution in [0.5, 0.6) is 5.75 Å². The number of nitrogens with zero attached hydrogens (tertiary/aromatic N) is 2. The van der Waals surface area contributed by atoms with E-state index in [0.717, 1.165) is 25.3 Å². The fourth-order valence-corrected chi connectivity index (χ4v) is 2.72. The van der Waals surface area contributed by atoms with Crippen molar-refractivity contribution < 1.29 is 9.53 Å². The molecule has 6 heteroatoms. The van der Waals surface area contributed by atoms with E-state index in [2.05, 4.69) is 20.5 Å². The van der Waals surface area contributed by atoms with Gasteiger partial charge in [-0.25, -0.2) is 9.78 Å². The van der Waals surface area contributed by atoms with E-state index in [1.807, 2.05) is 42.5 Å². The Morgan fingerprint density at radius 1 is 1.26 bits per heavy atom. The summed E-state index contributed by atoms with van der Waals surface area (Å²) in [5, 5.41) is 5.84. The molecule has 1 aromatic carbocycles. The van der Waals surface area contributed by atoms with Crippen LogP contribution in [-0.2, 0) is 0 Å². The molecule has 0 aliphatic carbocycles.